The van der Waals surface area contributed by atoms with Crippen molar-refractivity contribution >= 4 is 10.2 Å². The highest BCUT2D eigenvalue weighted by Gasteiger charge is 2.65. The summed E-state index contributed by atoms with van der Waals surface area (Å²) in [4.78, 5) is -1.90. The molecule has 0 aliphatic heterocycles. The van der Waals surface area contributed by atoms with Gasteiger partial charge in [-0.15, -0.1) is 0 Å². The van der Waals surface area contributed by atoms with Crippen LogP contribution in [0.1, 0.15) is 31.7 Å². The first-order chi connectivity index (χ1) is 8.38. The summed E-state index contributed by atoms with van der Waals surface area (Å²) in [6.07, 6.45) is 0.631. The lowest BCUT2D eigenvalue weighted by atomic mass is 9.86. The van der Waals surface area contributed by atoms with E-state index in [0.29, 0.717) is 18.6 Å². The molecule has 1 rings (SSSR count). The smallest absolute Gasteiger partial charge is 0.310 e. The zero-order valence-electron chi connectivity index (χ0n) is 10.6. The van der Waals surface area contributed by atoms with Gasteiger partial charge >= 0.3 is 10.2 Å². The fourth-order valence-electron chi connectivity index (χ4n) is 1.88. The van der Waals surface area contributed by atoms with Gasteiger partial charge in [0.2, 0.25) is 0 Å². The average molecular weight is 304 g/mol. The fraction of sp³-hybridized carbons (Fsp3) is 0.500. The predicted octanol–water partition coefficient (Wildman–Crippen LogP) is 5.47. The monoisotopic (exact) mass is 304 g/mol. The van der Waals surface area contributed by atoms with Gasteiger partial charge in [-0.3, -0.25) is 0 Å². The Labute approximate surface area is 109 Å². The molecule has 0 spiro atoms. The highest BCUT2D eigenvalue weighted by molar-refractivity contribution is 8.45. The maximum absolute atomic E-state index is 12.7. The molecule has 0 amide bonds. The van der Waals surface area contributed by atoms with E-state index in [0.717, 1.165) is 6.07 Å². The van der Waals surface area contributed by atoms with E-state index in [9.17, 15) is 24.5 Å². The third-order valence-corrected chi connectivity index (χ3v) is 4.40. The van der Waals surface area contributed by atoms with Gasteiger partial charge in [0.15, 0.2) is 0 Å². The number of aliphatic hydroxyl groups is 1. The highest BCUT2D eigenvalue weighted by Crippen LogP contribution is 3.02. The van der Waals surface area contributed by atoms with Gasteiger partial charge < -0.3 is 5.11 Å². The molecule has 19 heavy (non-hydrogen) atoms. The SMILES string of the molecule is CCC(C)C(CO)c1cccc(S(F)(F)(F)(F)F)c1. The number of rotatable bonds is 5. The molecular weight excluding hydrogens is 287 g/mol. The van der Waals surface area contributed by atoms with Crippen LogP contribution in [0.2, 0.25) is 0 Å². The summed E-state index contributed by atoms with van der Waals surface area (Å²) in [5.74, 6) is -0.677. The van der Waals surface area contributed by atoms with Crippen molar-refractivity contribution in [2.45, 2.75) is 31.1 Å². The second-order valence-corrected chi connectivity index (χ2v) is 7.13. The summed E-state index contributed by atoms with van der Waals surface area (Å²) in [7, 11) is -9.66. The molecule has 0 bridgehead atoms. The molecule has 0 heterocycles. The van der Waals surface area contributed by atoms with Crippen LogP contribution in [0, 0.1) is 5.92 Å². The molecular formula is C12H17F5OS. The van der Waals surface area contributed by atoms with Crippen molar-refractivity contribution in [3.63, 3.8) is 0 Å². The molecule has 0 aliphatic rings. The van der Waals surface area contributed by atoms with Gasteiger partial charge in [0.05, 0.1) is 6.61 Å². The van der Waals surface area contributed by atoms with Crippen LogP contribution in [0.25, 0.3) is 0 Å². The van der Waals surface area contributed by atoms with Gasteiger partial charge in [-0.1, -0.05) is 51.8 Å². The molecule has 0 aromatic heterocycles. The second-order valence-electron chi connectivity index (χ2n) is 4.72. The number of halogens is 5. The molecule has 0 aliphatic carbocycles. The van der Waals surface area contributed by atoms with E-state index in [1.54, 1.807) is 6.92 Å². The van der Waals surface area contributed by atoms with E-state index < -0.39 is 21.0 Å². The van der Waals surface area contributed by atoms with Crippen molar-refractivity contribution in [3.05, 3.63) is 29.8 Å². The number of hydrogen-bond acceptors (Lipinski definition) is 1. The summed E-state index contributed by atoms with van der Waals surface area (Å²) >= 11 is 0. The Kier molecular flexibility index (Phi) is 3.71. The number of aliphatic hydroxyl groups excluding tert-OH is 1. The normalized spacial score (nSPS) is 19.4. The minimum Gasteiger partial charge on any atom is -0.396 e. The van der Waals surface area contributed by atoms with E-state index >= 15 is 0 Å². The van der Waals surface area contributed by atoms with Crippen molar-refractivity contribution in [3.8, 4) is 0 Å². The molecule has 1 aromatic carbocycles. The lowest BCUT2D eigenvalue weighted by Crippen LogP contribution is -2.14. The van der Waals surface area contributed by atoms with Gasteiger partial charge in [-0.2, -0.15) is 0 Å². The van der Waals surface area contributed by atoms with E-state index in [4.69, 9.17) is 0 Å². The molecule has 2 atom stereocenters. The first-order valence-electron chi connectivity index (χ1n) is 5.84. The lowest BCUT2D eigenvalue weighted by Gasteiger charge is -2.41. The van der Waals surface area contributed by atoms with Gasteiger partial charge in [0.25, 0.3) is 0 Å². The van der Waals surface area contributed by atoms with Crippen LogP contribution in [0.5, 0.6) is 0 Å². The first kappa shape index (κ1) is 16.2. The van der Waals surface area contributed by atoms with Crippen molar-refractivity contribution < 1.29 is 24.5 Å². The van der Waals surface area contributed by atoms with Crippen molar-refractivity contribution in [2.75, 3.05) is 6.61 Å². The second kappa shape index (κ2) is 4.34. The molecule has 0 fully saturated rings. The van der Waals surface area contributed by atoms with Gasteiger partial charge in [0, 0.05) is 5.92 Å². The minimum absolute atomic E-state index is 0.0857. The van der Waals surface area contributed by atoms with Crippen LogP contribution in [-0.2, 0) is 0 Å². The maximum Gasteiger partial charge on any atom is 0.310 e. The lowest BCUT2D eigenvalue weighted by molar-refractivity contribution is 0.228. The summed E-state index contributed by atoms with van der Waals surface area (Å²) in [5, 5.41) is 9.24. The minimum atomic E-state index is -9.66. The van der Waals surface area contributed by atoms with E-state index in [2.05, 4.69) is 0 Å². The van der Waals surface area contributed by atoms with Gasteiger partial charge in [-0.05, 0) is 23.6 Å². The Balaban J connectivity index is 3.29. The molecule has 1 nitrogen and oxygen atoms in total. The summed E-state index contributed by atoms with van der Waals surface area (Å²) in [6.45, 7) is 3.20. The molecule has 7 heteroatoms. The van der Waals surface area contributed by atoms with Crippen LogP contribution >= 0.6 is 10.2 Å². The Morgan fingerprint density at radius 3 is 2.16 bits per heavy atom. The number of benzene rings is 1. The highest BCUT2D eigenvalue weighted by atomic mass is 32.5. The predicted molar refractivity (Wildman–Crippen MR) is 67.1 cm³/mol. The Morgan fingerprint density at radius 1 is 1.16 bits per heavy atom. The Hall–Kier alpha value is -0.820. The molecule has 1 aromatic rings. The Morgan fingerprint density at radius 2 is 1.74 bits per heavy atom. The maximum atomic E-state index is 12.7. The van der Waals surface area contributed by atoms with E-state index in [1.165, 1.54) is 6.07 Å². The molecule has 1 N–H and O–H groups in total. The Bertz CT molecular complexity index is 456. The molecule has 0 saturated heterocycles. The van der Waals surface area contributed by atoms with Crippen LogP contribution < -0.4 is 0 Å². The standard InChI is InChI=1S/C12H17F5OS/c1-3-9(2)12(8-18)10-5-4-6-11(7-10)19(13,14,15,16)17/h4-7,9,12,18H,3,8H2,1-2H3. The van der Waals surface area contributed by atoms with Gasteiger partial charge in [0.1, 0.15) is 4.90 Å². The van der Waals surface area contributed by atoms with Crippen molar-refractivity contribution in [2.24, 2.45) is 5.92 Å². The summed E-state index contributed by atoms with van der Waals surface area (Å²) in [5.41, 5.74) is 0.0857. The van der Waals surface area contributed by atoms with Crippen molar-refractivity contribution in [1.29, 1.82) is 0 Å². The fourth-order valence-corrected chi connectivity index (χ4v) is 2.58. The largest absolute Gasteiger partial charge is 0.396 e. The van der Waals surface area contributed by atoms with Crippen LogP contribution in [-0.4, -0.2) is 11.7 Å². The zero-order valence-corrected chi connectivity index (χ0v) is 11.4. The van der Waals surface area contributed by atoms with Crippen LogP contribution in [0.4, 0.5) is 19.4 Å². The topological polar surface area (TPSA) is 20.2 Å². The number of hydrogen-bond donors (Lipinski definition) is 1. The van der Waals surface area contributed by atoms with E-state index in [1.807, 2.05) is 6.92 Å². The zero-order chi connectivity index (χ0) is 15.0. The molecule has 112 valence electrons. The average Bonchev–Trinajstić information content (AvgIpc) is 2.27. The third kappa shape index (κ3) is 4.07. The molecule has 0 saturated carbocycles. The quantitative estimate of drug-likeness (QED) is 0.715. The molecule has 0 radical (unpaired) electrons. The van der Waals surface area contributed by atoms with Gasteiger partial charge in [-0.25, -0.2) is 0 Å². The third-order valence-electron chi connectivity index (χ3n) is 3.26. The van der Waals surface area contributed by atoms with Crippen molar-refractivity contribution in [1.82, 2.24) is 0 Å². The van der Waals surface area contributed by atoms with Crippen LogP contribution in [0.15, 0.2) is 29.2 Å². The molecule has 2 unspecified atom stereocenters. The first-order valence-corrected chi connectivity index (χ1v) is 7.79. The summed E-state index contributed by atoms with van der Waals surface area (Å²) in [6, 6.07) is 3.11. The van der Waals surface area contributed by atoms with E-state index in [-0.39, 0.29) is 18.1 Å². The van der Waals surface area contributed by atoms with Crippen LogP contribution in [0.3, 0.4) is 0 Å². The summed E-state index contributed by atoms with van der Waals surface area (Å²) < 4.78 is 63.6.